The van der Waals surface area contributed by atoms with Crippen molar-refractivity contribution in [1.82, 2.24) is 14.7 Å². The number of nitrogens with one attached hydrogen (secondary N) is 1. The Labute approximate surface area is 179 Å². The fourth-order valence-electron chi connectivity index (χ4n) is 4.44. The minimum Gasteiger partial charge on any atom is -0.339 e. The average molecular weight is 418 g/mol. The summed E-state index contributed by atoms with van der Waals surface area (Å²) in [4.78, 5) is 27.6. The van der Waals surface area contributed by atoms with Crippen LogP contribution in [0.1, 0.15) is 51.4 Å². The fourth-order valence-corrected chi connectivity index (χ4v) is 4.44. The van der Waals surface area contributed by atoms with E-state index < -0.39 is 0 Å². The van der Waals surface area contributed by atoms with Gasteiger partial charge in [-0.15, -0.1) is 0 Å². The molecule has 1 N–H and O–H groups in total. The lowest BCUT2D eigenvalue weighted by atomic mass is 10.1. The molecule has 31 heavy (non-hydrogen) atoms. The first kappa shape index (κ1) is 19.5. The van der Waals surface area contributed by atoms with Crippen LogP contribution in [0.3, 0.4) is 0 Å². The summed E-state index contributed by atoms with van der Waals surface area (Å²) in [6.07, 6.45) is 4.63. The molecule has 3 aromatic rings. The van der Waals surface area contributed by atoms with Crippen LogP contribution in [0.5, 0.6) is 0 Å². The van der Waals surface area contributed by atoms with Gasteiger partial charge in [-0.25, -0.2) is 9.07 Å². The second-order valence-electron chi connectivity index (χ2n) is 8.05. The molecule has 0 bridgehead atoms. The molecule has 5 rings (SSSR count). The maximum Gasteiger partial charge on any atom is 0.276 e. The van der Waals surface area contributed by atoms with Gasteiger partial charge in [0.15, 0.2) is 5.69 Å². The molecule has 0 radical (unpaired) electrons. The lowest BCUT2D eigenvalue weighted by Gasteiger charge is -2.15. The number of carbonyl (C=O) groups excluding carboxylic acids is 2. The molecule has 1 saturated heterocycles. The summed E-state index contributed by atoms with van der Waals surface area (Å²) < 4.78 is 15.1. The number of halogens is 1. The van der Waals surface area contributed by atoms with Crippen LogP contribution in [0.4, 0.5) is 10.1 Å². The normalized spacial score (nSPS) is 15.2. The van der Waals surface area contributed by atoms with Crippen molar-refractivity contribution in [2.45, 2.75) is 32.1 Å². The molecule has 0 saturated carbocycles. The van der Waals surface area contributed by atoms with E-state index in [2.05, 4.69) is 10.4 Å². The Morgan fingerprint density at radius 1 is 0.968 bits per heavy atom. The zero-order valence-electron chi connectivity index (χ0n) is 17.1. The molecule has 6 nitrogen and oxygen atoms in total. The van der Waals surface area contributed by atoms with Crippen molar-refractivity contribution in [3.63, 3.8) is 0 Å². The van der Waals surface area contributed by atoms with E-state index in [1.807, 2.05) is 4.90 Å². The Morgan fingerprint density at radius 3 is 2.52 bits per heavy atom. The van der Waals surface area contributed by atoms with Crippen LogP contribution in [0, 0.1) is 5.82 Å². The van der Waals surface area contributed by atoms with Gasteiger partial charge in [-0.05, 0) is 74.6 Å². The lowest BCUT2D eigenvalue weighted by molar-refractivity contribution is 0.0792. The van der Waals surface area contributed by atoms with Gasteiger partial charge in [0.2, 0.25) is 0 Å². The molecule has 0 atom stereocenters. The highest BCUT2D eigenvalue weighted by molar-refractivity contribution is 6.05. The third-order valence-corrected chi connectivity index (χ3v) is 5.98. The van der Waals surface area contributed by atoms with Crippen LogP contribution < -0.4 is 5.32 Å². The van der Waals surface area contributed by atoms with Gasteiger partial charge in [-0.2, -0.15) is 5.10 Å². The molecule has 7 heteroatoms. The number of likely N-dealkylation sites (tertiary alicyclic amines) is 1. The van der Waals surface area contributed by atoms with Crippen molar-refractivity contribution >= 4 is 17.5 Å². The third-order valence-electron chi connectivity index (χ3n) is 5.98. The second kappa shape index (κ2) is 7.98. The Kier molecular flexibility index (Phi) is 5.02. The molecule has 1 aliphatic carbocycles. The van der Waals surface area contributed by atoms with Crippen LogP contribution in [-0.2, 0) is 12.8 Å². The van der Waals surface area contributed by atoms with Crippen molar-refractivity contribution in [2.75, 3.05) is 18.4 Å². The largest absolute Gasteiger partial charge is 0.339 e. The molecular weight excluding hydrogens is 395 g/mol. The summed E-state index contributed by atoms with van der Waals surface area (Å²) in [5.74, 6) is -0.617. The highest BCUT2D eigenvalue weighted by Crippen LogP contribution is 2.28. The summed E-state index contributed by atoms with van der Waals surface area (Å²) >= 11 is 0. The minimum atomic E-state index is -0.311. The number of amides is 2. The molecule has 1 aliphatic heterocycles. The number of aromatic nitrogens is 2. The van der Waals surface area contributed by atoms with E-state index in [4.69, 9.17) is 0 Å². The van der Waals surface area contributed by atoms with E-state index in [1.165, 1.54) is 12.1 Å². The molecule has 0 unspecified atom stereocenters. The van der Waals surface area contributed by atoms with Crippen molar-refractivity contribution in [3.05, 3.63) is 76.9 Å². The predicted octanol–water partition coefficient (Wildman–Crippen LogP) is 3.99. The number of hydrogen-bond acceptors (Lipinski definition) is 3. The summed E-state index contributed by atoms with van der Waals surface area (Å²) in [6, 6.07) is 13.2. The highest BCUT2D eigenvalue weighted by atomic mass is 19.1. The van der Waals surface area contributed by atoms with Crippen LogP contribution in [-0.4, -0.2) is 39.6 Å². The van der Waals surface area contributed by atoms with Crippen LogP contribution in [0.25, 0.3) is 5.69 Å². The monoisotopic (exact) mass is 418 g/mol. The predicted molar refractivity (Wildman–Crippen MR) is 115 cm³/mol. The van der Waals surface area contributed by atoms with E-state index in [9.17, 15) is 14.0 Å². The number of benzene rings is 2. The topological polar surface area (TPSA) is 67.2 Å². The highest BCUT2D eigenvalue weighted by Gasteiger charge is 2.27. The van der Waals surface area contributed by atoms with Gasteiger partial charge >= 0.3 is 0 Å². The summed E-state index contributed by atoms with van der Waals surface area (Å²) in [7, 11) is 0. The van der Waals surface area contributed by atoms with Crippen molar-refractivity contribution in [2.24, 2.45) is 0 Å². The molecule has 2 aromatic carbocycles. The minimum absolute atomic E-state index is 0.00456. The summed E-state index contributed by atoms with van der Waals surface area (Å²) in [5, 5.41) is 7.46. The molecule has 0 spiro atoms. The summed E-state index contributed by atoms with van der Waals surface area (Å²) in [6.45, 7) is 1.56. The molecule has 1 aromatic heterocycles. The van der Waals surface area contributed by atoms with Gasteiger partial charge < -0.3 is 10.2 Å². The van der Waals surface area contributed by atoms with E-state index in [0.29, 0.717) is 16.9 Å². The van der Waals surface area contributed by atoms with Crippen molar-refractivity contribution < 1.29 is 14.0 Å². The zero-order valence-corrected chi connectivity index (χ0v) is 17.1. The van der Waals surface area contributed by atoms with E-state index >= 15 is 0 Å². The van der Waals surface area contributed by atoms with Gasteiger partial charge in [-0.3, -0.25) is 9.59 Å². The second-order valence-corrected chi connectivity index (χ2v) is 8.05. The summed E-state index contributed by atoms with van der Waals surface area (Å²) in [5.41, 5.74) is 4.19. The molecule has 2 aliphatic rings. The third kappa shape index (κ3) is 3.71. The standard InChI is InChI=1S/C24H23FN4O2/c25-17-9-11-19(12-10-17)29-21-8-4-7-20(21)22(27-29)23(30)26-18-6-3-5-16(15-18)24(31)28-13-1-2-14-28/h3,5-6,9-12,15H,1-2,4,7-8,13-14H2,(H,26,30). The Balaban J connectivity index is 1.40. The Hall–Kier alpha value is -3.48. The lowest BCUT2D eigenvalue weighted by Crippen LogP contribution is -2.27. The molecular formula is C24H23FN4O2. The first-order valence-corrected chi connectivity index (χ1v) is 10.7. The maximum atomic E-state index is 13.3. The zero-order chi connectivity index (χ0) is 21.4. The molecule has 2 amide bonds. The van der Waals surface area contributed by atoms with Crippen LogP contribution in [0.2, 0.25) is 0 Å². The van der Waals surface area contributed by atoms with Gasteiger partial charge in [0.25, 0.3) is 11.8 Å². The van der Waals surface area contributed by atoms with Crippen LogP contribution >= 0.6 is 0 Å². The Morgan fingerprint density at radius 2 is 1.74 bits per heavy atom. The quantitative estimate of drug-likeness (QED) is 0.697. The van der Waals surface area contributed by atoms with E-state index in [0.717, 1.165) is 62.1 Å². The maximum absolute atomic E-state index is 13.3. The number of nitrogens with zero attached hydrogens (tertiary/aromatic N) is 3. The Bertz CT molecular complexity index is 1150. The number of anilines is 1. The smallest absolute Gasteiger partial charge is 0.276 e. The number of carbonyl (C=O) groups is 2. The van der Waals surface area contributed by atoms with Gasteiger partial charge in [0.1, 0.15) is 5.82 Å². The fraction of sp³-hybridized carbons (Fsp3) is 0.292. The number of hydrogen-bond donors (Lipinski definition) is 1. The first-order chi connectivity index (χ1) is 15.1. The van der Waals surface area contributed by atoms with Gasteiger partial charge in [-0.1, -0.05) is 6.07 Å². The van der Waals surface area contributed by atoms with Crippen molar-refractivity contribution in [3.8, 4) is 5.69 Å². The van der Waals surface area contributed by atoms with Crippen LogP contribution in [0.15, 0.2) is 48.5 Å². The molecule has 1 fully saturated rings. The first-order valence-electron chi connectivity index (χ1n) is 10.7. The SMILES string of the molecule is O=C(Nc1cccc(C(=O)N2CCCC2)c1)c1nn(-c2ccc(F)cc2)c2c1CCC2. The molecule has 158 valence electrons. The van der Waals surface area contributed by atoms with Gasteiger partial charge in [0, 0.05) is 35.6 Å². The average Bonchev–Trinajstić information content (AvgIpc) is 3.52. The van der Waals surface area contributed by atoms with E-state index in [-0.39, 0.29) is 17.6 Å². The van der Waals surface area contributed by atoms with E-state index in [1.54, 1.807) is 41.1 Å². The number of rotatable bonds is 4. The van der Waals surface area contributed by atoms with Crippen molar-refractivity contribution in [1.29, 1.82) is 0 Å². The number of fused-ring (bicyclic) bond motifs is 1. The molecule has 2 heterocycles. The van der Waals surface area contributed by atoms with Gasteiger partial charge in [0.05, 0.1) is 5.69 Å².